The summed E-state index contributed by atoms with van der Waals surface area (Å²) in [5, 5.41) is 15.1. The van der Waals surface area contributed by atoms with Crippen LogP contribution in [0.25, 0.3) is 0 Å². The molecule has 0 heterocycles. The molecule has 2 aliphatic carbocycles. The Labute approximate surface area is 208 Å². The predicted molar refractivity (Wildman–Crippen MR) is 138 cm³/mol. The molecule has 0 aliphatic heterocycles. The van der Waals surface area contributed by atoms with Gasteiger partial charge in [0.15, 0.2) is 0 Å². The maximum atomic E-state index is 12.6. The van der Waals surface area contributed by atoms with Crippen LogP contribution in [0.4, 0.5) is 0 Å². The van der Waals surface area contributed by atoms with E-state index in [-0.39, 0.29) is 11.3 Å². The molecule has 2 atom stereocenters. The number of aryl methyl sites for hydroxylation is 1. The summed E-state index contributed by atoms with van der Waals surface area (Å²) in [6.07, 6.45) is 6.68. The molecule has 2 aliphatic rings. The number of benzene rings is 3. The van der Waals surface area contributed by atoms with E-state index in [1.165, 1.54) is 11.1 Å². The molecule has 2 N–H and O–H groups in total. The fourth-order valence-corrected chi connectivity index (χ4v) is 6.21. The minimum Gasteiger partial charge on any atom is -0.489 e. The van der Waals surface area contributed by atoms with Crippen LogP contribution in [-0.2, 0) is 29.7 Å². The third kappa shape index (κ3) is 4.99. The highest BCUT2D eigenvalue weighted by atomic mass is 16.5. The lowest BCUT2D eigenvalue weighted by molar-refractivity contribution is -0.121. The first-order valence-electron chi connectivity index (χ1n) is 12.9. The number of fused-ring (bicyclic) bond motifs is 3. The normalized spacial score (nSPS) is 23.1. The summed E-state index contributed by atoms with van der Waals surface area (Å²) < 4.78 is 6.17. The number of amides is 1. The van der Waals surface area contributed by atoms with Gasteiger partial charge in [0.05, 0.1) is 12.0 Å². The van der Waals surface area contributed by atoms with Gasteiger partial charge in [-0.25, -0.2) is 0 Å². The number of hydrogen-bond acceptors (Lipinski definition) is 3. The van der Waals surface area contributed by atoms with Crippen molar-refractivity contribution in [2.24, 2.45) is 0 Å². The Balaban J connectivity index is 1.34. The SMILES string of the molecule is O=C(Cc1ccccc1)NCC[C@]12CCCC[C@@]1(O)CCc1ccc(OCc3ccccc3)cc12. The van der Waals surface area contributed by atoms with Gasteiger partial charge in [-0.15, -0.1) is 0 Å². The number of hydrogen-bond donors (Lipinski definition) is 2. The van der Waals surface area contributed by atoms with E-state index in [4.69, 9.17) is 4.74 Å². The molecule has 1 fully saturated rings. The lowest BCUT2D eigenvalue weighted by Crippen LogP contribution is -2.57. The van der Waals surface area contributed by atoms with Crippen LogP contribution in [0.1, 0.15) is 60.8 Å². The van der Waals surface area contributed by atoms with E-state index < -0.39 is 5.60 Å². The highest BCUT2D eigenvalue weighted by Gasteiger charge is 2.54. The molecule has 3 aromatic carbocycles. The van der Waals surface area contributed by atoms with Crippen molar-refractivity contribution in [1.82, 2.24) is 5.32 Å². The van der Waals surface area contributed by atoms with Gasteiger partial charge >= 0.3 is 0 Å². The standard InChI is InChI=1S/C31H35NO3/c33-29(21-24-9-3-1-4-10-24)32-20-19-30-16-7-8-17-31(30,34)18-15-26-13-14-27(22-28(26)30)35-23-25-11-5-2-6-12-25/h1-6,9-14,22,34H,7-8,15-21,23H2,(H,32,33)/t30-,31+/m0/s1. The monoisotopic (exact) mass is 469 g/mol. The molecule has 35 heavy (non-hydrogen) atoms. The van der Waals surface area contributed by atoms with E-state index in [1.54, 1.807) is 0 Å². The second-order valence-corrected chi connectivity index (χ2v) is 10.2. The summed E-state index contributed by atoms with van der Waals surface area (Å²) in [6, 6.07) is 26.4. The van der Waals surface area contributed by atoms with Crippen LogP contribution in [0, 0.1) is 0 Å². The molecule has 0 unspecified atom stereocenters. The van der Waals surface area contributed by atoms with E-state index in [2.05, 4.69) is 35.6 Å². The Morgan fingerprint density at radius 1 is 0.886 bits per heavy atom. The van der Waals surface area contributed by atoms with Gasteiger partial charge in [-0.05, 0) is 66.5 Å². The molecule has 182 valence electrons. The number of carbonyl (C=O) groups is 1. The Hall–Kier alpha value is -3.11. The van der Waals surface area contributed by atoms with Crippen molar-refractivity contribution in [1.29, 1.82) is 0 Å². The van der Waals surface area contributed by atoms with Crippen LogP contribution >= 0.6 is 0 Å². The van der Waals surface area contributed by atoms with Gasteiger partial charge in [-0.3, -0.25) is 4.79 Å². The largest absolute Gasteiger partial charge is 0.489 e. The summed E-state index contributed by atoms with van der Waals surface area (Å²) in [7, 11) is 0. The number of nitrogens with one attached hydrogen (secondary N) is 1. The van der Waals surface area contributed by atoms with E-state index in [0.717, 1.165) is 61.8 Å². The molecule has 1 amide bonds. The van der Waals surface area contributed by atoms with Gasteiger partial charge in [0.2, 0.25) is 5.91 Å². The lowest BCUT2D eigenvalue weighted by Gasteiger charge is -2.55. The Bertz CT molecular complexity index is 1150. The highest BCUT2D eigenvalue weighted by molar-refractivity contribution is 5.78. The summed E-state index contributed by atoms with van der Waals surface area (Å²) >= 11 is 0. The average molecular weight is 470 g/mol. The first-order chi connectivity index (χ1) is 17.1. The van der Waals surface area contributed by atoms with Crippen molar-refractivity contribution in [3.63, 3.8) is 0 Å². The highest BCUT2D eigenvalue weighted by Crippen LogP contribution is 2.55. The number of rotatable bonds is 8. The van der Waals surface area contributed by atoms with Crippen molar-refractivity contribution in [3.05, 3.63) is 101 Å². The second kappa shape index (κ2) is 10.2. The van der Waals surface area contributed by atoms with Crippen LogP contribution in [0.15, 0.2) is 78.9 Å². The fourth-order valence-electron chi connectivity index (χ4n) is 6.21. The van der Waals surface area contributed by atoms with Crippen LogP contribution in [0.3, 0.4) is 0 Å². The predicted octanol–water partition coefficient (Wildman–Crippen LogP) is 5.50. The van der Waals surface area contributed by atoms with Gasteiger partial charge < -0.3 is 15.2 Å². The summed E-state index contributed by atoms with van der Waals surface area (Å²) in [5.41, 5.74) is 3.58. The van der Waals surface area contributed by atoms with Crippen molar-refractivity contribution in [2.45, 2.75) is 69.0 Å². The molecule has 5 rings (SSSR count). The maximum Gasteiger partial charge on any atom is 0.224 e. The zero-order valence-electron chi connectivity index (χ0n) is 20.3. The van der Waals surface area contributed by atoms with E-state index in [0.29, 0.717) is 19.6 Å². The first kappa shape index (κ1) is 23.6. The molecule has 4 heteroatoms. The van der Waals surface area contributed by atoms with Crippen LogP contribution in [0.2, 0.25) is 0 Å². The molecule has 0 spiro atoms. The maximum absolute atomic E-state index is 12.6. The minimum atomic E-state index is -0.736. The Morgan fingerprint density at radius 3 is 2.37 bits per heavy atom. The topological polar surface area (TPSA) is 58.6 Å². The molecule has 3 aromatic rings. The van der Waals surface area contributed by atoms with Crippen LogP contribution < -0.4 is 10.1 Å². The summed E-state index contributed by atoms with van der Waals surface area (Å²) in [5.74, 6) is 0.873. The summed E-state index contributed by atoms with van der Waals surface area (Å²) in [4.78, 5) is 12.6. The van der Waals surface area contributed by atoms with E-state index in [1.807, 2.05) is 48.5 Å². The molecular weight excluding hydrogens is 434 g/mol. The van der Waals surface area contributed by atoms with Crippen LogP contribution in [0.5, 0.6) is 5.75 Å². The summed E-state index contributed by atoms with van der Waals surface area (Å²) in [6.45, 7) is 1.08. The fraction of sp³-hybridized carbons (Fsp3) is 0.387. The molecule has 0 saturated heterocycles. The zero-order chi connectivity index (χ0) is 24.1. The third-order valence-corrected chi connectivity index (χ3v) is 8.07. The number of aliphatic hydroxyl groups is 1. The van der Waals surface area contributed by atoms with Gasteiger partial charge in [0, 0.05) is 12.0 Å². The van der Waals surface area contributed by atoms with Crippen molar-refractivity contribution in [2.75, 3.05) is 6.54 Å². The first-order valence-corrected chi connectivity index (χ1v) is 12.9. The minimum absolute atomic E-state index is 0.0305. The third-order valence-electron chi connectivity index (χ3n) is 8.07. The van der Waals surface area contributed by atoms with Crippen LogP contribution in [-0.4, -0.2) is 23.2 Å². The van der Waals surface area contributed by atoms with Gasteiger partial charge in [0.25, 0.3) is 0 Å². The van der Waals surface area contributed by atoms with Crippen molar-refractivity contribution >= 4 is 5.91 Å². The molecular formula is C31H35NO3. The Morgan fingerprint density at radius 2 is 1.60 bits per heavy atom. The molecule has 1 saturated carbocycles. The molecule has 0 radical (unpaired) electrons. The molecule has 0 bridgehead atoms. The van der Waals surface area contributed by atoms with Gasteiger partial charge in [0.1, 0.15) is 12.4 Å². The smallest absolute Gasteiger partial charge is 0.224 e. The quantitative estimate of drug-likeness (QED) is 0.458. The lowest BCUT2D eigenvalue weighted by atomic mass is 9.53. The number of carbonyl (C=O) groups excluding carboxylic acids is 1. The zero-order valence-corrected chi connectivity index (χ0v) is 20.3. The average Bonchev–Trinajstić information content (AvgIpc) is 2.89. The molecule has 0 aromatic heterocycles. The van der Waals surface area contributed by atoms with Crippen molar-refractivity contribution < 1.29 is 14.6 Å². The molecule has 4 nitrogen and oxygen atoms in total. The van der Waals surface area contributed by atoms with E-state index >= 15 is 0 Å². The van der Waals surface area contributed by atoms with Crippen molar-refractivity contribution in [3.8, 4) is 5.75 Å². The van der Waals surface area contributed by atoms with E-state index in [9.17, 15) is 9.90 Å². The Kier molecular flexibility index (Phi) is 6.92. The number of ether oxygens (including phenoxy) is 1. The van der Waals surface area contributed by atoms with Gasteiger partial charge in [-0.2, -0.15) is 0 Å². The second-order valence-electron chi connectivity index (χ2n) is 10.2. The van der Waals surface area contributed by atoms with Gasteiger partial charge in [-0.1, -0.05) is 79.6 Å².